The zero-order chi connectivity index (χ0) is 14.8. The van der Waals surface area contributed by atoms with E-state index in [1.807, 2.05) is 0 Å². The molecule has 2 rings (SSSR count). The first-order valence-corrected chi connectivity index (χ1v) is 8.19. The van der Waals surface area contributed by atoms with Crippen molar-refractivity contribution in [3.8, 4) is 5.75 Å². The van der Waals surface area contributed by atoms with Gasteiger partial charge in [-0.2, -0.15) is 0 Å². The lowest BCUT2D eigenvalue weighted by atomic mass is 10.3. The molecular weight excluding hydrogens is 322 g/mol. The average molecular weight is 334 g/mol. The third-order valence-corrected chi connectivity index (χ3v) is 4.86. The number of anilines is 1. The number of methoxy groups -OCH3 is 1. The maximum atomic E-state index is 12.1. The van der Waals surface area contributed by atoms with E-state index in [-0.39, 0.29) is 16.5 Å². The Morgan fingerprint density at radius 1 is 1.50 bits per heavy atom. The molecule has 108 valence electrons. The number of thiazole rings is 1. The van der Waals surface area contributed by atoms with Crippen molar-refractivity contribution in [1.82, 2.24) is 9.71 Å². The summed E-state index contributed by atoms with van der Waals surface area (Å²) in [5.41, 5.74) is 6.05. The first-order chi connectivity index (χ1) is 9.42. The van der Waals surface area contributed by atoms with Crippen LogP contribution in [-0.4, -0.2) is 20.5 Å². The first kappa shape index (κ1) is 15.0. The van der Waals surface area contributed by atoms with Gasteiger partial charge in [-0.05, 0) is 18.2 Å². The number of aromatic nitrogens is 1. The van der Waals surface area contributed by atoms with Gasteiger partial charge in [-0.3, -0.25) is 0 Å². The van der Waals surface area contributed by atoms with E-state index >= 15 is 0 Å². The monoisotopic (exact) mass is 333 g/mol. The van der Waals surface area contributed by atoms with E-state index in [2.05, 4.69) is 9.71 Å². The summed E-state index contributed by atoms with van der Waals surface area (Å²) in [6, 6.07) is 4.25. The highest BCUT2D eigenvalue weighted by Crippen LogP contribution is 2.26. The number of benzene rings is 1. The fraction of sp³-hybridized carbons (Fsp3) is 0.182. The molecule has 1 aromatic heterocycles. The molecule has 9 heteroatoms. The number of nitrogens with one attached hydrogen (secondary N) is 1. The molecule has 0 aliphatic heterocycles. The van der Waals surface area contributed by atoms with Crippen LogP contribution in [0, 0.1) is 0 Å². The third kappa shape index (κ3) is 3.40. The minimum absolute atomic E-state index is 0.0616. The number of halogens is 1. The molecule has 6 nitrogen and oxygen atoms in total. The van der Waals surface area contributed by atoms with E-state index in [1.54, 1.807) is 5.38 Å². The summed E-state index contributed by atoms with van der Waals surface area (Å²) in [7, 11) is -2.20. The van der Waals surface area contributed by atoms with Gasteiger partial charge >= 0.3 is 0 Å². The molecule has 3 N–H and O–H groups in total. The minimum Gasteiger partial charge on any atom is -0.495 e. The third-order valence-electron chi connectivity index (χ3n) is 2.45. The number of hydrogen-bond donors (Lipinski definition) is 2. The van der Waals surface area contributed by atoms with Crippen LogP contribution in [0.2, 0.25) is 5.02 Å². The maximum Gasteiger partial charge on any atom is 0.240 e. The Hall–Kier alpha value is -1.35. The molecule has 0 saturated carbocycles. The Kier molecular flexibility index (Phi) is 4.48. The second kappa shape index (κ2) is 5.96. The SMILES string of the molecule is COc1ccc(S(=O)(=O)NCc2csc(N)n2)cc1Cl. The van der Waals surface area contributed by atoms with E-state index in [0.717, 1.165) is 0 Å². The highest BCUT2D eigenvalue weighted by atomic mass is 35.5. The highest BCUT2D eigenvalue weighted by molar-refractivity contribution is 7.89. The van der Waals surface area contributed by atoms with E-state index in [4.69, 9.17) is 22.1 Å². The Morgan fingerprint density at radius 3 is 2.80 bits per heavy atom. The molecule has 0 saturated heterocycles. The Balaban J connectivity index is 2.15. The van der Waals surface area contributed by atoms with Gasteiger partial charge in [0.25, 0.3) is 0 Å². The molecule has 0 amide bonds. The summed E-state index contributed by atoms with van der Waals surface area (Å²) in [4.78, 5) is 4.04. The summed E-state index contributed by atoms with van der Waals surface area (Å²) < 4.78 is 31.6. The molecular formula is C11H12ClN3O3S2. The number of sulfonamides is 1. The van der Waals surface area contributed by atoms with Crippen LogP contribution in [0.4, 0.5) is 5.13 Å². The van der Waals surface area contributed by atoms with Crippen LogP contribution < -0.4 is 15.2 Å². The van der Waals surface area contributed by atoms with E-state index in [9.17, 15) is 8.42 Å². The maximum absolute atomic E-state index is 12.1. The van der Waals surface area contributed by atoms with Gasteiger partial charge in [0.2, 0.25) is 10.0 Å². The number of nitrogen functional groups attached to an aromatic ring is 1. The van der Waals surface area contributed by atoms with Gasteiger partial charge < -0.3 is 10.5 Å². The van der Waals surface area contributed by atoms with Crippen LogP contribution >= 0.6 is 22.9 Å². The zero-order valence-electron chi connectivity index (χ0n) is 10.5. The Bertz CT molecular complexity index is 715. The molecule has 1 heterocycles. The second-order valence-electron chi connectivity index (χ2n) is 3.80. The smallest absolute Gasteiger partial charge is 0.240 e. The van der Waals surface area contributed by atoms with Gasteiger partial charge in [0, 0.05) is 5.38 Å². The molecule has 0 fully saturated rings. The normalized spacial score (nSPS) is 11.5. The van der Waals surface area contributed by atoms with Crippen molar-refractivity contribution in [1.29, 1.82) is 0 Å². The fourth-order valence-electron chi connectivity index (χ4n) is 1.47. The first-order valence-electron chi connectivity index (χ1n) is 5.45. The second-order valence-corrected chi connectivity index (χ2v) is 6.86. The van der Waals surface area contributed by atoms with Crippen molar-refractivity contribution in [3.63, 3.8) is 0 Å². The van der Waals surface area contributed by atoms with Crippen molar-refractivity contribution in [2.45, 2.75) is 11.4 Å². The van der Waals surface area contributed by atoms with Gasteiger partial charge in [-0.1, -0.05) is 11.6 Å². The summed E-state index contributed by atoms with van der Waals surface area (Å²) >= 11 is 7.16. The molecule has 0 bridgehead atoms. The molecule has 0 unspecified atom stereocenters. The number of ether oxygens (including phenoxy) is 1. The van der Waals surface area contributed by atoms with E-state index in [1.165, 1.54) is 36.6 Å². The number of rotatable bonds is 5. The topological polar surface area (TPSA) is 94.3 Å². The van der Waals surface area contributed by atoms with Gasteiger partial charge in [0.15, 0.2) is 5.13 Å². The van der Waals surface area contributed by atoms with Crippen LogP contribution in [0.25, 0.3) is 0 Å². The van der Waals surface area contributed by atoms with Crippen LogP contribution in [0.3, 0.4) is 0 Å². The largest absolute Gasteiger partial charge is 0.495 e. The molecule has 0 atom stereocenters. The summed E-state index contributed by atoms with van der Waals surface area (Å²) in [6.45, 7) is 0.0691. The predicted molar refractivity (Wildman–Crippen MR) is 78.6 cm³/mol. The average Bonchev–Trinajstić information content (AvgIpc) is 2.82. The quantitative estimate of drug-likeness (QED) is 0.871. The van der Waals surface area contributed by atoms with Crippen molar-refractivity contribution in [3.05, 3.63) is 34.3 Å². The molecule has 20 heavy (non-hydrogen) atoms. The van der Waals surface area contributed by atoms with Gasteiger partial charge in [-0.15, -0.1) is 11.3 Å². The van der Waals surface area contributed by atoms with Gasteiger partial charge in [0.1, 0.15) is 5.75 Å². The highest BCUT2D eigenvalue weighted by Gasteiger charge is 2.16. The number of hydrogen-bond acceptors (Lipinski definition) is 6. The summed E-state index contributed by atoms with van der Waals surface area (Å²) in [5.74, 6) is 0.415. The lowest BCUT2D eigenvalue weighted by Crippen LogP contribution is -2.23. The Morgan fingerprint density at radius 2 is 2.25 bits per heavy atom. The summed E-state index contributed by atoms with van der Waals surface area (Å²) in [5, 5.41) is 2.32. The zero-order valence-corrected chi connectivity index (χ0v) is 12.8. The van der Waals surface area contributed by atoms with Crippen LogP contribution in [0.1, 0.15) is 5.69 Å². The van der Waals surface area contributed by atoms with Crippen LogP contribution in [-0.2, 0) is 16.6 Å². The standard InChI is InChI=1S/C11H12ClN3O3S2/c1-18-10-3-2-8(4-9(10)12)20(16,17)14-5-7-6-19-11(13)15-7/h2-4,6,14H,5H2,1H3,(H2,13,15). The molecule has 1 aromatic carbocycles. The Labute approximate surface area is 125 Å². The minimum atomic E-state index is -3.66. The van der Waals surface area contributed by atoms with Crippen LogP contribution in [0.15, 0.2) is 28.5 Å². The van der Waals surface area contributed by atoms with Crippen molar-refractivity contribution in [2.75, 3.05) is 12.8 Å². The molecule has 0 aliphatic rings. The van der Waals surface area contributed by atoms with Crippen molar-refractivity contribution < 1.29 is 13.2 Å². The lowest BCUT2D eigenvalue weighted by Gasteiger charge is -2.08. The number of nitrogens with two attached hydrogens (primary N) is 1. The molecule has 2 aromatic rings. The van der Waals surface area contributed by atoms with Crippen molar-refractivity contribution >= 4 is 38.1 Å². The van der Waals surface area contributed by atoms with E-state index in [0.29, 0.717) is 16.6 Å². The van der Waals surface area contributed by atoms with Gasteiger partial charge in [-0.25, -0.2) is 18.1 Å². The van der Waals surface area contributed by atoms with Crippen LogP contribution in [0.5, 0.6) is 5.75 Å². The summed E-state index contributed by atoms with van der Waals surface area (Å²) in [6.07, 6.45) is 0. The van der Waals surface area contributed by atoms with Crippen molar-refractivity contribution in [2.24, 2.45) is 0 Å². The fourth-order valence-corrected chi connectivity index (χ4v) is 3.38. The molecule has 0 radical (unpaired) electrons. The van der Waals surface area contributed by atoms with Gasteiger partial charge in [0.05, 0.1) is 29.3 Å². The molecule has 0 spiro atoms. The number of nitrogens with zero attached hydrogens (tertiary/aromatic N) is 1. The lowest BCUT2D eigenvalue weighted by molar-refractivity contribution is 0.414. The predicted octanol–water partition coefficient (Wildman–Crippen LogP) is 1.87. The van der Waals surface area contributed by atoms with E-state index < -0.39 is 10.0 Å². The molecule has 0 aliphatic carbocycles.